The van der Waals surface area contributed by atoms with Gasteiger partial charge >= 0.3 is 0 Å². The topological polar surface area (TPSA) is 63.4 Å². The minimum Gasteiger partial charge on any atom is -0.454 e. The minimum atomic E-state index is -0.0639. The van der Waals surface area contributed by atoms with Gasteiger partial charge in [-0.15, -0.1) is 0 Å². The number of amides is 1. The number of fused-ring (bicyclic) bond motifs is 2. The Kier molecular flexibility index (Phi) is 6.80. The van der Waals surface area contributed by atoms with Crippen LogP contribution in [0.25, 0.3) is 10.9 Å². The van der Waals surface area contributed by atoms with Crippen LogP contribution in [0.5, 0.6) is 11.5 Å². The number of hydrogen-bond acceptors (Lipinski definition) is 3. The summed E-state index contributed by atoms with van der Waals surface area (Å²) in [5, 5.41) is 4.30. The molecule has 2 N–H and O–H groups in total. The summed E-state index contributed by atoms with van der Waals surface area (Å²) in [6.07, 6.45) is 8.02. The van der Waals surface area contributed by atoms with Gasteiger partial charge in [0.2, 0.25) is 12.7 Å². The normalized spacial score (nSPS) is 13.5. The molecule has 31 heavy (non-hydrogen) atoms. The van der Waals surface area contributed by atoms with Crippen molar-refractivity contribution in [2.45, 2.75) is 58.3 Å². The summed E-state index contributed by atoms with van der Waals surface area (Å²) in [5.41, 5.74) is 4.65. The summed E-state index contributed by atoms with van der Waals surface area (Å²) in [4.78, 5) is 16.3. The lowest BCUT2D eigenvalue weighted by Gasteiger charge is -2.18. The maximum atomic E-state index is 12.9. The first kappa shape index (κ1) is 21.3. The number of rotatable bonds is 10. The lowest BCUT2D eigenvalue weighted by Crippen LogP contribution is -2.26. The zero-order chi connectivity index (χ0) is 21.6. The Morgan fingerprint density at radius 1 is 1.10 bits per heavy atom. The predicted octanol–water partition coefficient (Wildman–Crippen LogP) is 5.68. The standard InChI is InChI=1S/C26H32N2O3/c1-3-5-6-7-13-27-25(29)15-21(19-11-12-23-24(14-19)31-17-30-23)22-16-28-26-18(4-2)9-8-10-20(22)26/h8-12,14,16,21,28H,3-7,13,15,17H2,1-2H3,(H,27,29)/t21-/m0/s1. The third-order valence-electron chi connectivity index (χ3n) is 6.13. The molecule has 2 aromatic carbocycles. The highest BCUT2D eigenvalue weighted by molar-refractivity contribution is 5.88. The number of aryl methyl sites for hydroxylation is 1. The number of carbonyl (C=O) groups is 1. The average molecular weight is 421 g/mol. The minimum absolute atomic E-state index is 0.0639. The van der Waals surface area contributed by atoms with Crippen LogP contribution in [0.15, 0.2) is 42.6 Å². The molecule has 4 rings (SSSR count). The van der Waals surface area contributed by atoms with Crippen molar-refractivity contribution in [3.8, 4) is 11.5 Å². The van der Waals surface area contributed by atoms with E-state index >= 15 is 0 Å². The summed E-state index contributed by atoms with van der Waals surface area (Å²) in [6, 6.07) is 12.4. The molecule has 5 heteroatoms. The third kappa shape index (κ3) is 4.71. The maximum absolute atomic E-state index is 12.9. The van der Waals surface area contributed by atoms with Crippen molar-refractivity contribution < 1.29 is 14.3 Å². The molecule has 0 saturated carbocycles. The molecule has 0 saturated heterocycles. The van der Waals surface area contributed by atoms with Crippen molar-refractivity contribution in [1.29, 1.82) is 0 Å². The molecule has 0 fully saturated rings. The van der Waals surface area contributed by atoms with E-state index in [9.17, 15) is 4.79 Å². The fraction of sp³-hybridized carbons (Fsp3) is 0.423. The Bertz CT molecular complexity index is 1040. The number of ether oxygens (including phenoxy) is 2. The number of carbonyl (C=O) groups excluding carboxylic acids is 1. The summed E-state index contributed by atoms with van der Waals surface area (Å²) >= 11 is 0. The van der Waals surface area contributed by atoms with E-state index in [2.05, 4.69) is 54.6 Å². The molecule has 0 bridgehead atoms. The van der Waals surface area contributed by atoms with Gasteiger partial charge in [-0.2, -0.15) is 0 Å². The quantitative estimate of drug-likeness (QED) is 0.415. The second-order valence-electron chi connectivity index (χ2n) is 8.22. The van der Waals surface area contributed by atoms with Crippen LogP contribution in [-0.4, -0.2) is 24.2 Å². The van der Waals surface area contributed by atoms with Gasteiger partial charge in [0, 0.05) is 36.0 Å². The van der Waals surface area contributed by atoms with Crippen LogP contribution in [0.1, 0.15) is 68.6 Å². The van der Waals surface area contributed by atoms with Gasteiger partial charge in [-0.1, -0.05) is 57.4 Å². The molecule has 0 aliphatic carbocycles. The molecule has 3 aromatic rings. The van der Waals surface area contributed by atoms with Gasteiger partial charge in [-0.3, -0.25) is 4.79 Å². The van der Waals surface area contributed by atoms with Crippen molar-refractivity contribution >= 4 is 16.8 Å². The molecule has 2 heterocycles. The number of hydrogen-bond donors (Lipinski definition) is 2. The van der Waals surface area contributed by atoms with Crippen molar-refractivity contribution in [3.05, 3.63) is 59.3 Å². The first-order chi connectivity index (χ1) is 15.2. The molecule has 1 atom stereocenters. The molecule has 164 valence electrons. The van der Waals surface area contributed by atoms with E-state index in [4.69, 9.17) is 9.47 Å². The third-order valence-corrected chi connectivity index (χ3v) is 6.13. The molecule has 1 aliphatic rings. The van der Waals surface area contributed by atoms with E-state index in [1.54, 1.807) is 0 Å². The van der Waals surface area contributed by atoms with Crippen molar-refractivity contribution in [2.75, 3.05) is 13.3 Å². The lowest BCUT2D eigenvalue weighted by atomic mass is 9.87. The molecule has 1 amide bonds. The average Bonchev–Trinajstić information content (AvgIpc) is 3.43. The number of aromatic amines is 1. The molecular formula is C26H32N2O3. The highest BCUT2D eigenvalue weighted by Crippen LogP contribution is 2.39. The maximum Gasteiger partial charge on any atom is 0.231 e. The number of H-pyrrole nitrogens is 1. The lowest BCUT2D eigenvalue weighted by molar-refractivity contribution is -0.121. The molecule has 5 nitrogen and oxygen atoms in total. The number of benzene rings is 2. The summed E-state index contributed by atoms with van der Waals surface area (Å²) in [7, 11) is 0. The fourth-order valence-corrected chi connectivity index (χ4v) is 4.40. The van der Waals surface area contributed by atoms with Crippen LogP contribution in [0.3, 0.4) is 0 Å². The number of unbranched alkanes of at least 4 members (excludes halogenated alkanes) is 3. The SMILES string of the molecule is CCCCCCNC(=O)C[C@@H](c1ccc2c(c1)OCO2)c1c[nH]c2c(CC)cccc12. The second-order valence-corrected chi connectivity index (χ2v) is 8.22. The molecule has 0 radical (unpaired) electrons. The summed E-state index contributed by atoms with van der Waals surface area (Å²) < 4.78 is 11.1. The summed E-state index contributed by atoms with van der Waals surface area (Å²) in [5.74, 6) is 1.53. The van der Waals surface area contributed by atoms with Crippen molar-refractivity contribution in [2.24, 2.45) is 0 Å². The van der Waals surface area contributed by atoms with Gasteiger partial charge in [-0.25, -0.2) is 0 Å². The van der Waals surface area contributed by atoms with Crippen molar-refractivity contribution in [1.82, 2.24) is 10.3 Å². The van der Waals surface area contributed by atoms with E-state index < -0.39 is 0 Å². The highest BCUT2D eigenvalue weighted by Gasteiger charge is 2.24. The molecule has 0 spiro atoms. The molecular weight excluding hydrogens is 388 g/mol. The Hall–Kier alpha value is -2.95. The zero-order valence-corrected chi connectivity index (χ0v) is 18.5. The van der Waals surface area contributed by atoms with Gasteiger partial charge < -0.3 is 19.8 Å². The molecule has 1 aliphatic heterocycles. The second kappa shape index (κ2) is 9.90. The zero-order valence-electron chi connectivity index (χ0n) is 18.5. The van der Waals surface area contributed by atoms with Crippen LogP contribution in [-0.2, 0) is 11.2 Å². The van der Waals surface area contributed by atoms with Crippen LogP contribution in [0.4, 0.5) is 0 Å². The fourth-order valence-electron chi connectivity index (χ4n) is 4.40. The molecule has 1 aromatic heterocycles. The first-order valence-electron chi connectivity index (χ1n) is 11.5. The van der Waals surface area contributed by atoms with E-state index in [1.165, 1.54) is 23.8 Å². The van der Waals surface area contributed by atoms with Crippen LogP contribution in [0, 0.1) is 0 Å². The van der Waals surface area contributed by atoms with Gasteiger partial charge in [0.05, 0.1) is 0 Å². The predicted molar refractivity (Wildman–Crippen MR) is 124 cm³/mol. The molecule has 0 unspecified atom stereocenters. The monoisotopic (exact) mass is 420 g/mol. The van der Waals surface area contributed by atoms with Gasteiger partial charge in [0.15, 0.2) is 11.5 Å². The van der Waals surface area contributed by atoms with Gasteiger partial charge in [-0.05, 0) is 41.7 Å². The van der Waals surface area contributed by atoms with Gasteiger partial charge in [0.25, 0.3) is 0 Å². The first-order valence-corrected chi connectivity index (χ1v) is 11.5. The smallest absolute Gasteiger partial charge is 0.231 e. The Balaban J connectivity index is 1.61. The van der Waals surface area contributed by atoms with Crippen LogP contribution < -0.4 is 14.8 Å². The largest absolute Gasteiger partial charge is 0.454 e. The Morgan fingerprint density at radius 3 is 2.81 bits per heavy atom. The van der Waals surface area contributed by atoms with E-state index in [1.807, 2.05) is 12.1 Å². The van der Waals surface area contributed by atoms with E-state index in [0.717, 1.165) is 53.9 Å². The summed E-state index contributed by atoms with van der Waals surface area (Å²) in [6.45, 7) is 5.34. The highest BCUT2D eigenvalue weighted by atomic mass is 16.7. The van der Waals surface area contributed by atoms with E-state index in [0.29, 0.717) is 6.42 Å². The number of aromatic nitrogens is 1. The van der Waals surface area contributed by atoms with Crippen LogP contribution in [0.2, 0.25) is 0 Å². The number of para-hydroxylation sites is 1. The van der Waals surface area contributed by atoms with Crippen LogP contribution >= 0.6 is 0 Å². The Morgan fingerprint density at radius 2 is 1.97 bits per heavy atom. The van der Waals surface area contributed by atoms with Crippen molar-refractivity contribution in [3.63, 3.8) is 0 Å². The number of nitrogens with one attached hydrogen (secondary N) is 2. The van der Waals surface area contributed by atoms with Gasteiger partial charge in [0.1, 0.15) is 0 Å². The van der Waals surface area contributed by atoms with E-state index in [-0.39, 0.29) is 18.6 Å². The Labute approximate surface area is 184 Å².